The number of benzene rings is 1. The average Bonchev–Trinajstić information content (AvgIpc) is 3.29. The van der Waals surface area contributed by atoms with Crippen LogP contribution in [0.1, 0.15) is 43.8 Å². The van der Waals surface area contributed by atoms with Crippen LogP contribution in [0.2, 0.25) is 0 Å². The molecule has 1 fully saturated rings. The van der Waals surface area contributed by atoms with E-state index < -0.39 is 0 Å². The molecular formula is C16H16N4O2S. The van der Waals surface area contributed by atoms with Crippen LogP contribution in [-0.4, -0.2) is 26.6 Å². The lowest BCUT2D eigenvalue weighted by Gasteiger charge is -2.18. The summed E-state index contributed by atoms with van der Waals surface area (Å²) < 4.78 is 12.8. The number of nitrogens with zero attached hydrogens (tertiary/aromatic N) is 4. The van der Waals surface area contributed by atoms with Crippen molar-refractivity contribution in [2.24, 2.45) is 0 Å². The first kappa shape index (κ1) is 13.3. The van der Waals surface area contributed by atoms with Crippen LogP contribution in [-0.2, 0) is 0 Å². The summed E-state index contributed by atoms with van der Waals surface area (Å²) in [6.07, 6.45) is 6.27. The zero-order valence-electron chi connectivity index (χ0n) is 12.6. The van der Waals surface area contributed by atoms with E-state index >= 15 is 0 Å². The van der Waals surface area contributed by atoms with Crippen molar-refractivity contribution >= 4 is 16.3 Å². The monoisotopic (exact) mass is 328 g/mol. The second-order valence-electron chi connectivity index (χ2n) is 6.06. The number of hydrogen-bond acceptors (Lipinski definition) is 6. The Balaban J connectivity index is 1.54. The highest BCUT2D eigenvalue weighted by Crippen LogP contribution is 2.38. The highest BCUT2D eigenvalue weighted by Gasteiger charge is 2.23. The molecule has 2 aliphatic rings. The van der Waals surface area contributed by atoms with Gasteiger partial charge in [-0.2, -0.15) is 9.61 Å². The molecule has 1 saturated carbocycles. The lowest BCUT2D eigenvalue weighted by Crippen LogP contribution is -2.09. The first-order chi connectivity index (χ1) is 11.4. The summed E-state index contributed by atoms with van der Waals surface area (Å²) in [5.41, 5.74) is 1.03. The number of ether oxygens (including phenoxy) is 2. The third kappa shape index (κ3) is 2.18. The Morgan fingerprint density at radius 1 is 1.04 bits per heavy atom. The molecule has 0 bridgehead atoms. The summed E-state index contributed by atoms with van der Waals surface area (Å²) in [6.45, 7) is 0.287. The molecule has 1 aliphatic carbocycles. The van der Waals surface area contributed by atoms with Gasteiger partial charge >= 0.3 is 0 Å². The van der Waals surface area contributed by atoms with E-state index in [0.717, 1.165) is 32.9 Å². The maximum absolute atomic E-state index is 5.45. The van der Waals surface area contributed by atoms with Crippen molar-refractivity contribution in [2.45, 2.75) is 38.0 Å². The molecule has 1 aliphatic heterocycles. The smallest absolute Gasteiger partial charge is 0.234 e. The second kappa shape index (κ2) is 5.19. The van der Waals surface area contributed by atoms with Crippen LogP contribution in [0.15, 0.2) is 18.2 Å². The summed E-state index contributed by atoms with van der Waals surface area (Å²) in [5.74, 6) is 3.08. The zero-order valence-corrected chi connectivity index (χ0v) is 13.4. The molecule has 118 valence electrons. The van der Waals surface area contributed by atoms with Crippen molar-refractivity contribution in [2.75, 3.05) is 6.79 Å². The van der Waals surface area contributed by atoms with Gasteiger partial charge in [-0.05, 0) is 31.0 Å². The first-order valence-electron chi connectivity index (χ1n) is 8.01. The fourth-order valence-electron chi connectivity index (χ4n) is 3.39. The molecule has 0 unspecified atom stereocenters. The summed E-state index contributed by atoms with van der Waals surface area (Å²) in [4.78, 5) is 0.859. The third-order valence-electron chi connectivity index (χ3n) is 4.60. The first-order valence-corrected chi connectivity index (χ1v) is 8.82. The molecule has 0 N–H and O–H groups in total. The van der Waals surface area contributed by atoms with Gasteiger partial charge in [0, 0.05) is 11.5 Å². The number of rotatable bonds is 2. The van der Waals surface area contributed by atoms with E-state index in [-0.39, 0.29) is 6.79 Å². The van der Waals surface area contributed by atoms with Crippen molar-refractivity contribution in [3.63, 3.8) is 0 Å². The second-order valence-corrected chi connectivity index (χ2v) is 7.02. The molecule has 6 nitrogen and oxygen atoms in total. The maximum atomic E-state index is 5.45. The molecule has 0 amide bonds. The fourth-order valence-corrected chi connectivity index (χ4v) is 4.24. The number of aromatic nitrogens is 4. The molecule has 3 aromatic rings. The Kier molecular flexibility index (Phi) is 3.00. The molecule has 7 heteroatoms. The van der Waals surface area contributed by atoms with Crippen LogP contribution in [0.5, 0.6) is 11.5 Å². The van der Waals surface area contributed by atoms with E-state index in [0.29, 0.717) is 5.92 Å². The molecule has 2 aromatic heterocycles. The van der Waals surface area contributed by atoms with Gasteiger partial charge in [0.1, 0.15) is 5.01 Å². The molecule has 1 aromatic carbocycles. The van der Waals surface area contributed by atoms with Gasteiger partial charge in [0.2, 0.25) is 11.8 Å². The summed E-state index contributed by atoms with van der Waals surface area (Å²) in [6, 6.07) is 5.93. The molecular weight excluding hydrogens is 312 g/mol. The van der Waals surface area contributed by atoms with Gasteiger partial charge in [-0.3, -0.25) is 0 Å². The van der Waals surface area contributed by atoms with Gasteiger partial charge in [-0.15, -0.1) is 10.2 Å². The SMILES string of the molecule is c1cc2c(cc1-c1nn3c(C4CCCCC4)nnc3s1)OCO2. The Bertz CT molecular complexity index is 866. The Morgan fingerprint density at radius 2 is 1.91 bits per heavy atom. The third-order valence-corrected chi connectivity index (χ3v) is 5.55. The van der Waals surface area contributed by atoms with Crippen molar-refractivity contribution < 1.29 is 9.47 Å². The minimum atomic E-state index is 0.287. The average molecular weight is 328 g/mol. The van der Waals surface area contributed by atoms with Crippen LogP contribution in [0.4, 0.5) is 0 Å². The van der Waals surface area contributed by atoms with E-state index in [1.807, 2.05) is 22.7 Å². The quantitative estimate of drug-likeness (QED) is 0.719. The van der Waals surface area contributed by atoms with Gasteiger partial charge in [-0.1, -0.05) is 30.6 Å². The summed E-state index contributed by atoms with van der Waals surface area (Å²) in [7, 11) is 0. The van der Waals surface area contributed by atoms with Gasteiger partial charge in [-0.25, -0.2) is 0 Å². The molecule has 0 radical (unpaired) electrons. The van der Waals surface area contributed by atoms with Gasteiger partial charge < -0.3 is 9.47 Å². The minimum Gasteiger partial charge on any atom is -0.454 e. The molecule has 0 spiro atoms. The summed E-state index contributed by atoms with van der Waals surface area (Å²) >= 11 is 1.56. The molecule has 0 atom stereocenters. The van der Waals surface area contributed by atoms with Gasteiger partial charge in [0.25, 0.3) is 0 Å². The lowest BCUT2D eigenvalue weighted by molar-refractivity contribution is 0.174. The van der Waals surface area contributed by atoms with Gasteiger partial charge in [0.15, 0.2) is 17.3 Å². The van der Waals surface area contributed by atoms with Crippen molar-refractivity contribution in [3.8, 4) is 22.1 Å². The lowest BCUT2D eigenvalue weighted by atomic mass is 9.89. The molecule has 23 heavy (non-hydrogen) atoms. The molecule has 5 rings (SSSR count). The Hall–Kier alpha value is -2.15. The topological polar surface area (TPSA) is 61.5 Å². The standard InChI is InChI=1S/C16H16N4O2S/c1-2-4-10(5-3-1)14-17-18-16-20(14)19-15(23-16)11-6-7-12-13(8-11)22-9-21-12/h6-8,10H,1-5,9H2. The summed E-state index contributed by atoms with van der Waals surface area (Å²) in [5, 5.41) is 14.4. The Morgan fingerprint density at radius 3 is 2.83 bits per heavy atom. The van der Waals surface area contributed by atoms with Crippen LogP contribution >= 0.6 is 11.3 Å². The molecule has 0 saturated heterocycles. The number of hydrogen-bond donors (Lipinski definition) is 0. The fraction of sp³-hybridized carbons (Fsp3) is 0.438. The minimum absolute atomic E-state index is 0.287. The predicted octanol–water partition coefficient (Wildman–Crippen LogP) is 3.63. The van der Waals surface area contributed by atoms with E-state index in [1.165, 1.54) is 32.1 Å². The van der Waals surface area contributed by atoms with Crippen LogP contribution in [0.25, 0.3) is 15.5 Å². The van der Waals surface area contributed by atoms with Gasteiger partial charge in [0.05, 0.1) is 0 Å². The maximum Gasteiger partial charge on any atom is 0.234 e. The van der Waals surface area contributed by atoms with E-state index in [9.17, 15) is 0 Å². The largest absolute Gasteiger partial charge is 0.454 e. The normalized spacial score (nSPS) is 17.9. The number of fused-ring (bicyclic) bond motifs is 2. The van der Waals surface area contributed by atoms with Crippen molar-refractivity contribution in [3.05, 3.63) is 24.0 Å². The highest BCUT2D eigenvalue weighted by atomic mass is 32.1. The van der Waals surface area contributed by atoms with Crippen LogP contribution < -0.4 is 9.47 Å². The highest BCUT2D eigenvalue weighted by molar-refractivity contribution is 7.19. The van der Waals surface area contributed by atoms with E-state index in [2.05, 4.69) is 10.2 Å². The zero-order chi connectivity index (χ0) is 15.2. The Labute approximate surface area is 137 Å². The predicted molar refractivity (Wildman–Crippen MR) is 86.0 cm³/mol. The van der Waals surface area contributed by atoms with Crippen LogP contribution in [0, 0.1) is 0 Å². The van der Waals surface area contributed by atoms with Crippen molar-refractivity contribution in [1.82, 2.24) is 19.8 Å². The van der Waals surface area contributed by atoms with Crippen molar-refractivity contribution in [1.29, 1.82) is 0 Å². The van der Waals surface area contributed by atoms with E-state index in [1.54, 1.807) is 11.3 Å². The van der Waals surface area contributed by atoms with E-state index in [4.69, 9.17) is 14.6 Å². The van der Waals surface area contributed by atoms with Crippen LogP contribution in [0.3, 0.4) is 0 Å². The molecule has 3 heterocycles.